The quantitative estimate of drug-likeness (QED) is 0.519. The minimum absolute atomic E-state index is 0.205. The van der Waals surface area contributed by atoms with E-state index in [9.17, 15) is 9.59 Å². The number of nitrogens with zero attached hydrogens (tertiary/aromatic N) is 3. The maximum atomic E-state index is 12.5. The van der Waals surface area contributed by atoms with E-state index in [4.69, 9.17) is 23.8 Å². The lowest BCUT2D eigenvalue weighted by molar-refractivity contribution is 0.0950. The van der Waals surface area contributed by atoms with E-state index in [1.165, 1.54) is 4.57 Å². The average molecular weight is 400 g/mol. The minimum Gasteiger partial charge on any atom is -0.346 e. The van der Waals surface area contributed by atoms with Gasteiger partial charge in [-0.05, 0) is 42.5 Å². The summed E-state index contributed by atoms with van der Waals surface area (Å²) in [4.78, 5) is 32.1. The van der Waals surface area contributed by atoms with Crippen LogP contribution in [-0.2, 0) is 13.6 Å². The van der Waals surface area contributed by atoms with Crippen LogP contribution in [-0.4, -0.2) is 24.8 Å². The molecule has 0 aliphatic rings. The van der Waals surface area contributed by atoms with Crippen LogP contribution in [0.5, 0.6) is 0 Å². The first-order valence-corrected chi connectivity index (χ1v) is 8.85. The number of H-pyrrole nitrogens is 1. The molecule has 0 saturated heterocycles. The Morgan fingerprint density at radius 3 is 2.93 bits per heavy atom. The lowest BCUT2D eigenvalue weighted by Gasteiger charge is -2.06. The van der Waals surface area contributed by atoms with E-state index in [-0.39, 0.29) is 18.0 Å². The number of rotatable bonds is 3. The highest BCUT2D eigenvalue weighted by Gasteiger charge is 2.10. The highest BCUT2D eigenvalue weighted by molar-refractivity contribution is 7.71. The van der Waals surface area contributed by atoms with Crippen LogP contribution in [0.25, 0.3) is 16.6 Å². The van der Waals surface area contributed by atoms with Gasteiger partial charge in [-0.25, -0.2) is 4.98 Å². The smallest absolute Gasteiger partial charge is 0.261 e. The van der Waals surface area contributed by atoms with Gasteiger partial charge in [0.15, 0.2) is 4.77 Å². The van der Waals surface area contributed by atoms with Crippen molar-refractivity contribution in [2.24, 2.45) is 7.05 Å². The lowest BCUT2D eigenvalue weighted by atomic mass is 10.1. The van der Waals surface area contributed by atoms with Crippen molar-refractivity contribution in [3.63, 3.8) is 0 Å². The number of imidazole rings is 1. The van der Waals surface area contributed by atoms with Crippen LogP contribution in [0.1, 0.15) is 16.1 Å². The summed E-state index contributed by atoms with van der Waals surface area (Å²) < 4.78 is 3.45. The van der Waals surface area contributed by atoms with E-state index in [2.05, 4.69) is 15.3 Å². The third kappa shape index (κ3) is 3.24. The molecular formula is C18H14ClN5O2S. The Morgan fingerprint density at radius 1 is 1.30 bits per heavy atom. The first-order chi connectivity index (χ1) is 12.9. The van der Waals surface area contributed by atoms with Crippen LogP contribution in [0, 0.1) is 4.77 Å². The molecule has 0 spiro atoms. The van der Waals surface area contributed by atoms with E-state index in [0.717, 1.165) is 5.65 Å². The number of carbonyl (C=O) groups is 1. The van der Waals surface area contributed by atoms with Crippen LogP contribution in [0.2, 0.25) is 5.02 Å². The zero-order chi connectivity index (χ0) is 19.1. The highest BCUT2D eigenvalue weighted by Crippen LogP contribution is 2.13. The molecule has 0 radical (unpaired) electrons. The number of hydrogen-bond acceptors (Lipinski definition) is 4. The summed E-state index contributed by atoms with van der Waals surface area (Å²) in [5.41, 5.74) is 2.20. The van der Waals surface area contributed by atoms with Crippen molar-refractivity contribution in [3.05, 3.63) is 74.1 Å². The predicted octanol–water partition coefficient (Wildman–Crippen LogP) is 2.83. The molecule has 27 heavy (non-hydrogen) atoms. The lowest BCUT2D eigenvalue weighted by Crippen LogP contribution is -2.23. The molecule has 0 aliphatic carbocycles. The molecule has 1 amide bonds. The van der Waals surface area contributed by atoms with Crippen LogP contribution in [0.3, 0.4) is 0 Å². The van der Waals surface area contributed by atoms with Gasteiger partial charge >= 0.3 is 0 Å². The molecule has 0 atom stereocenters. The molecule has 0 bridgehead atoms. The van der Waals surface area contributed by atoms with Gasteiger partial charge in [-0.15, -0.1) is 0 Å². The Labute approximate surface area is 163 Å². The number of fused-ring (bicyclic) bond motifs is 2. The molecule has 2 N–H and O–H groups in total. The molecule has 3 aromatic heterocycles. The van der Waals surface area contributed by atoms with Crippen molar-refractivity contribution < 1.29 is 4.79 Å². The van der Waals surface area contributed by atoms with Gasteiger partial charge in [0.05, 0.1) is 28.2 Å². The first kappa shape index (κ1) is 17.4. The molecule has 7 nitrogen and oxygen atoms in total. The van der Waals surface area contributed by atoms with Gasteiger partial charge in [0.25, 0.3) is 11.5 Å². The summed E-state index contributed by atoms with van der Waals surface area (Å²) in [5.74, 6) is -0.271. The molecular weight excluding hydrogens is 386 g/mol. The second kappa shape index (κ2) is 6.64. The van der Waals surface area contributed by atoms with Crippen molar-refractivity contribution in [3.8, 4) is 0 Å². The van der Waals surface area contributed by atoms with Crippen LogP contribution in [0.15, 0.2) is 47.5 Å². The third-order valence-corrected chi connectivity index (χ3v) is 4.86. The van der Waals surface area contributed by atoms with E-state index in [0.29, 0.717) is 32.0 Å². The maximum Gasteiger partial charge on any atom is 0.261 e. The molecule has 4 aromatic rings. The molecule has 9 heteroatoms. The summed E-state index contributed by atoms with van der Waals surface area (Å²) in [6, 6.07) is 8.41. The second-order valence-corrected chi connectivity index (χ2v) is 6.91. The number of halogens is 1. The Morgan fingerprint density at radius 2 is 2.11 bits per heavy atom. The van der Waals surface area contributed by atoms with Crippen molar-refractivity contribution in [1.29, 1.82) is 0 Å². The Hall–Kier alpha value is -2.97. The first-order valence-electron chi connectivity index (χ1n) is 8.07. The number of aromatic nitrogens is 4. The largest absolute Gasteiger partial charge is 0.346 e. The van der Waals surface area contributed by atoms with Crippen molar-refractivity contribution in [1.82, 2.24) is 24.3 Å². The summed E-state index contributed by atoms with van der Waals surface area (Å²) in [6.07, 6.45) is 3.56. The number of carbonyl (C=O) groups excluding carboxylic acids is 1. The standard InChI is InChI=1S/C18H14ClN5O2S/c1-23-17(26)13-4-2-10(6-14(13)22-18(23)27)16(25)20-7-12-9-24-8-11(19)3-5-15(24)21-12/h2-6,8-9H,7H2,1H3,(H,20,25)(H,22,27). The third-order valence-electron chi connectivity index (χ3n) is 4.26. The Kier molecular flexibility index (Phi) is 4.29. The van der Waals surface area contributed by atoms with E-state index in [1.807, 2.05) is 6.20 Å². The fourth-order valence-electron chi connectivity index (χ4n) is 2.82. The summed E-state index contributed by atoms with van der Waals surface area (Å²) in [5, 5.41) is 3.90. The molecule has 1 aromatic carbocycles. The number of nitrogens with one attached hydrogen (secondary N) is 2. The van der Waals surface area contributed by atoms with Gasteiger partial charge < -0.3 is 14.7 Å². The number of hydrogen-bond donors (Lipinski definition) is 2. The molecule has 4 rings (SSSR count). The van der Waals surface area contributed by atoms with Gasteiger partial charge in [0.2, 0.25) is 0 Å². The SMILES string of the molecule is Cn1c(=S)[nH]c2cc(C(=O)NCc3cn4cc(Cl)ccc4n3)ccc2c1=O. The summed E-state index contributed by atoms with van der Waals surface area (Å²) >= 11 is 11.1. The summed E-state index contributed by atoms with van der Waals surface area (Å²) in [6.45, 7) is 0.267. The predicted molar refractivity (Wildman–Crippen MR) is 106 cm³/mol. The van der Waals surface area contributed by atoms with Gasteiger partial charge in [-0.3, -0.25) is 14.2 Å². The fraction of sp³-hybridized carbons (Fsp3) is 0.111. The molecule has 0 fully saturated rings. The maximum absolute atomic E-state index is 12.5. The van der Waals surface area contributed by atoms with Gasteiger partial charge in [-0.1, -0.05) is 11.6 Å². The molecule has 3 heterocycles. The second-order valence-electron chi connectivity index (χ2n) is 6.08. The molecule has 0 saturated carbocycles. The van der Waals surface area contributed by atoms with Crippen LogP contribution in [0.4, 0.5) is 0 Å². The average Bonchev–Trinajstić information content (AvgIpc) is 3.05. The van der Waals surface area contributed by atoms with Crippen molar-refractivity contribution in [2.75, 3.05) is 0 Å². The Balaban J connectivity index is 1.57. The minimum atomic E-state index is -0.271. The van der Waals surface area contributed by atoms with Gasteiger partial charge in [-0.2, -0.15) is 0 Å². The fourth-order valence-corrected chi connectivity index (χ4v) is 3.18. The van der Waals surface area contributed by atoms with E-state index < -0.39 is 0 Å². The van der Waals surface area contributed by atoms with Gasteiger partial charge in [0, 0.05) is 25.0 Å². The van der Waals surface area contributed by atoms with Crippen molar-refractivity contribution >= 4 is 46.3 Å². The van der Waals surface area contributed by atoms with Crippen LogP contribution >= 0.6 is 23.8 Å². The number of benzene rings is 1. The topological polar surface area (TPSA) is 84.2 Å². The van der Waals surface area contributed by atoms with E-state index >= 15 is 0 Å². The number of aromatic amines is 1. The number of amides is 1. The molecule has 0 unspecified atom stereocenters. The molecule has 0 aliphatic heterocycles. The summed E-state index contributed by atoms with van der Waals surface area (Å²) in [7, 11) is 1.60. The Bertz CT molecular complexity index is 1320. The van der Waals surface area contributed by atoms with Crippen molar-refractivity contribution in [2.45, 2.75) is 6.54 Å². The van der Waals surface area contributed by atoms with Gasteiger partial charge in [0.1, 0.15) is 5.65 Å². The zero-order valence-corrected chi connectivity index (χ0v) is 15.8. The van der Waals surface area contributed by atoms with E-state index in [1.54, 1.807) is 48.0 Å². The van der Waals surface area contributed by atoms with Crippen LogP contribution < -0.4 is 10.9 Å². The monoisotopic (exact) mass is 399 g/mol. The zero-order valence-electron chi connectivity index (χ0n) is 14.2. The highest BCUT2D eigenvalue weighted by atomic mass is 35.5. The number of pyridine rings is 1. The molecule has 136 valence electrons. The normalized spacial score (nSPS) is 11.2.